The Bertz CT molecular complexity index is 1240. The quantitative estimate of drug-likeness (QED) is 0.501. The average molecular weight is 505 g/mol. The molecule has 0 spiro atoms. The Morgan fingerprint density at radius 1 is 1.09 bits per heavy atom. The first-order valence-electron chi connectivity index (χ1n) is 11.2. The van der Waals surface area contributed by atoms with E-state index in [1.165, 1.54) is 12.1 Å². The van der Waals surface area contributed by atoms with Gasteiger partial charge in [0, 0.05) is 49.5 Å². The zero-order valence-electron chi connectivity index (χ0n) is 19.5. The molecule has 1 fully saturated rings. The molecule has 3 aromatic rings. The lowest BCUT2D eigenvalue weighted by atomic mass is 10.2. The zero-order valence-corrected chi connectivity index (χ0v) is 21.1. The molecule has 0 unspecified atom stereocenters. The van der Waals surface area contributed by atoms with E-state index < -0.39 is 16.1 Å². The normalized spacial score (nSPS) is 15.9. The van der Waals surface area contributed by atoms with Crippen molar-refractivity contribution in [2.45, 2.75) is 31.3 Å². The van der Waals surface area contributed by atoms with Crippen LogP contribution in [0.5, 0.6) is 11.8 Å². The number of sulfonamides is 1. The zero-order chi connectivity index (χ0) is 24.3. The molecule has 182 valence electrons. The molecule has 0 bridgehead atoms. The summed E-state index contributed by atoms with van der Waals surface area (Å²) in [5.41, 5.74) is 1.09. The highest BCUT2D eigenvalue weighted by Crippen LogP contribution is 2.28. The predicted molar refractivity (Wildman–Crippen MR) is 132 cm³/mol. The molecule has 0 aliphatic carbocycles. The summed E-state index contributed by atoms with van der Waals surface area (Å²) in [7, 11) is -1.67. The number of benzene rings is 2. The van der Waals surface area contributed by atoms with Crippen molar-refractivity contribution in [1.82, 2.24) is 24.4 Å². The monoisotopic (exact) mass is 504 g/mol. The topological polar surface area (TPSA) is 92.6 Å². The molecule has 0 radical (unpaired) electrons. The van der Waals surface area contributed by atoms with Gasteiger partial charge >= 0.3 is 6.01 Å². The van der Waals surface area contributed by atoms with Gasteiger partial charge in [-0.3, -0.25) is 4.57 Å². The smallest absolute Gasteiger partial charge is 0.322 e. The van der Waals surface area contributed by atoms with Crippen LogP contribution in [0, 0.1) is 0 Å². The number of nitrogens with zero attached hydrogens (tertiary/aromatic N) is 5. The van der Waals surface area contributed by atoms with Gasteiger partial charge in [-0.2, -0.15) is 0 Å². The lowest BCUT2D eigenvalue weighted by molar-refractivity contribution is 0.312. The Labute approximate surface area is 205 Å². The Morgan fingerprint density at radius 3 is 2.53 bits per heavy atom. The molecule has 1 N–H and O–H groups in total. The van der Waals surface area contributed by atoms with Crippen LogP contribution in [-0.2, 0) is 16.6 Å². The third kappa shape index (κ3) is 5.52. The van der Waals surface area contributed by atoms with E-state index in [1.807, 2.05) is 25.1 Å². The highest BCUT2D eigenvalue weighted by atomic mass is 35.5. The minimum atomic E-state index is -3.79. The van der Waals surface area contributed by atoms with Crippen molar-refractivity contribution in [1.29, 1.82) is 0 Å². The van der Waals surface area contributed by atoms with E-state index in [9.17, 15) is 8.42 Å². The summed E-state index contributed by atoms with van der Waals surface area (Å²) < 4.78 is 36.1. The molecule has 1 aliphatic rings. The molecule has 34 heavy (non-hydrogen) atoms. The molecule has 11 heteroatoms. The first kappa shape index (κ1) is 24.5. The predicted octanol–water partition coefficient (Wildman–Crippen LogP) is 3.54. The molecule has 2 heterocycles. The van der Waals surface area contributed by atoms with Gasteiger partial charge in [-0.1, -0.05) is 28.8 Å². The maximum atomic E-state index is 12.8. The van der Waals surface area contributed by atoms with Gasteiger partial charge < -0.3 is 14.5 Å². The van der Waals surface area contributed by atoms with Crippen molar-refractivity contribution in [2.24, 2.45) is 0 Å². The fourth-order valence-corrected chi connectivity index (χ4v) is 5.40. The number of hydrogen-bond acceptors (Lipinski definition) is 7. The van der Waals surface area contributed by atoms with Crippen molar-refractivity contribution in [3.63, 3.8) is 0 Å². The van der Waals surface area contributed by atoms with Crippen molar-refractivity contribution in [3.8, 4) is 11.8 Å². The lowest BCUT2D eigenvalue weighted by Gasteiger charge is -2.34. The summed E-state index contributed by atoms with van der Waals surface area (Å²) in [5, 5.41) is 8.75. The molecule has 1 saturated heterocycles. The van der Waals surface area contributed by atoms with Gasteiger partial charge in [0.15, 0.2) is 5.82 Å². The molecule has 9 nitrogen and oxygen atoms in total. The third-order valence-electron chi connectivity index (χ3n) is 5.78. The molecule has 2 aromatic carbocycles. The van der Waals surface area contributed by atoms with E-state index >= 15 is 0 Å². The van der Waals surface area contributed by atoms with E-state index in [0.29, 0.717) is 29.2 Å². The lowest BCUT2D eigenvalue weighted by Crippen LogP contribution is -2.44. The Hall–Kier alpha value is -2.66. The molecule has 0 saturated carbocycles. The van der Waals surface area contributed by atoms with Crippen LogP contribution in [0.25, 0.3) is 0 Å². The average Bonchev–Trinajstić information content (AvgIpc) is 3.22. The number of likely N-dealkylation sites (N-methyl/N-ethyl adjacent to an activating group) is 1. The van der Waals surface area contributed by atoms with Crippen LogP contribution in [-0.4, -0.2) is 61.3 Å². The summed E-state index contributed by atoms with van der Waals surface area (Å²) >= 11 is 5.96. The summed E-state index contributed by atoms with van der Waals surface area (Å²) in [6.07, 6.45) is 0. The van der Waals surface area contributed by atoms with Crippen LogP contribution in [0.2, 0.25) is 5.02 Å². The second-order valence-corrected chi connectivity index (χ2v) is 10.4. The molecule has 1 atom stereocenters. The number of nitrogens with one attached hydrogen (secondary N) is 1. The number of hydrogen-bond donors (Lipinski definition) is 1. The van der Waals surface area contributed by atoms with Crippen LogP contribution in [0.1, 0.15) is 25.7 Å². The Balaban J connectivity index is 1.51. The SMILES string of the molecule is CCn1c(Oc2cccc(N3CCN(C)CC3)c2)nnc1[C@@H](C)NS(=O)(=O)c1cccc(Cl)c1. The third-order valence-corrected chi connectivity index (χ3v) is 7.56. The first-order valence-corrected chi connectivity index (χ1v) is 13.1. The van der Waals surface area contributed by atoms with Gasteiger partial charge in [-0.15, -0.1) is 5.10 Å². The van der Waals surface area contributed by atoms with Gasteiger partial charge in [0.05, 0.1) is 10.9 Å². The molecule has 1 aromatic heterocycles. The van der Waals surface area contributed by atoms with Gasteiger partial charge in [0.25, 0.3) is 0 Å². The highest BCUT2D eigenvalue weighted by molar-refractivity contribution is 7.89. The van der Waals surface area contributed by atoms with E-state index in [0.717, 1.165) is 31.9 Å². The fourth-order valence-electron chi connectivity index (χ4n) is 3.89. The number of halogens is 1. The van der Waals surface area contributed by atoms with Crippen LogP contribution >= 0.6 is 11.6 Å². The summed E-state index contributed by atoms with van der Waals surface area (Å²) in [6.45, 7) is 8.11. The Kier molecular flexibility index (Phi) is 7.42. The van der Waals surface area contributed by atoms with Crippen LogP contribution in [0.4, 0.5) is 5.69 Å². The van der Waals surface area contributed by atoms with E-state index in [-0.39, 0.29) is 4.90 Å². The summed E-state index contributed by atoms with van der Waals surface area (Å²) in [5.74, 6) is 1.11. The van der Waals surface area contributed by atoms with Crippen molar-refractivity contribution in [2.75, 3.05) is 38.1 Å². The number of rotatable bonds is 8. The van der Waals surface area contributed by atoms with E-state index in [4.69, 9.17) is 16.3 Å². The van der Waals surface area contributed by atoms with Crippen molar-refractivity contribution < 1.29 is 13.2 Å². The maximum Gasteiger partial charge on any atom is 0.322 e. The minimum Gasteiger partial charge on any atom is -0.424 e. The van der Waals surface area contributed by atoms with Gasteiger partial charge in [0.2, 0.25) is 10.0 Å². The Morgan fingerprint density at radius 2 is 1.82 bits per heavy atom. The minimum absolute atomic E-state index is 0.0895. The number of ether oxygens (including phenoxy) is 1. The molecule has 4 rings (SSSR count). The molecule has 1 aliphatic heterocycles. The highest BCUT2D eigenvalue weighted by Gasteiger charge is 2.24. The van der Waals surface area contributed by atoms with Gasteiger partial charge in [-0.25, -0.2) is 13.1 Å². The van der Waals surface area contributed by atoms with E-state index in [1.54, 1.807) is 23.6 Å². The number of anilines is 1. The summed E-state index contributed by atoms with van der Waals surface area (Å²) in [4.78, 5) is 4.73. The number of aromatic nitrogens is 3. The standard InChI is InChI=1S/C23H29ClN6O3S/c1-4-30-22(17(2)27-34(31,32)21-10-5-7-18(24)15-21)25-26-23(30)33-20-9-6-8-19(16-20)29-13-11-28(3)12-14-29/h5-10,15-17,27H,4,11-14H2,1-3H3/t17-/m1/s1. The summed E-state index contributed by atoms with van der Waals surface area (Å²) in [6, 6.07) is 13.7. The van der Waals surface area contributed by atoms with Crippen LogP contribution in [0.15, 0.2) is 53.4 Å². The maximum absolute atomic E-state index is 12.8. The van der Waals surface area contributed by atoms with Crippen molar-refractivity contribution in [3.05, 3.63) is 59.4 Å². The van der Waals surface area contributed by atoms with Gasteiger partial charge in [0.1, 0.15) is 5.75 Å². The molecule has 0 amide bonds. The largest absolute Gasteiger partial charge is 0.424 e. The van der Waals surface area contributed by atoms with Gasteiger partial charge in [-0.05, 0) is 51.2 Å². The number of piperazine rings is 1. The first-order chi connectivity index (χ1) is 16.3. The van der Waals surface area contributed by atoms with E-state index in [2.05, 4.69) is 37.8 Å². The van der Waals surface area contributed by atoms with Crippen LogP contribution < -0.4 is 14.4 Å². The van der Waals surface area contributed by atoms with Crippen molar-refractivity contribution >= 4 is 27.3 Å². The second-order valence-electron chi connectivity index (χ2n) is 8.28. The van der Waals surface area contributed by atoms with Crippen LogP contribution in [0.3, 0.4) is 0 Å². The fraction of sp³-hybridized carbons (Fsp3) is 0.391. The second kappa shape index (κ2) is 10.3. The molecular weight excluding hydrogens is 476 g/mol. The molecular formula is C23H29ClN6O3S.